The summed E-state index contributed by atoms with van der Waals surface area (Å²) < 4.78 is 0. The molecule has 0 aromatic carbocycles. The van der Waals surface area contributed by atoms with Crippen LogP contribution in [0.2, 0.25) is 0 Å². The summed E-state index contributed by atoms with van der Waals surface area (Å²) in [5.41, 5.74) is 4.62. The Morgan fingerprint density at radius 2 is 2.20 bits per heavy atom. The molecule has 2 bridgehead atoms. The van der Waals surface area contributed by atoms with Crippen molar-refractivity contribution in [1.29, 1.82) is 0 Å². The van der Waals surface area contributed by atoms with Crippen molar-refractivity contribution < 1.29 is 4.79 Å². The van der Waals surface area contributed by atoms with Crippen LogP contribution in [0.5, 0.6) is 0 Å². The zero-order valence-electron chi connectivity index (χ0n) is 12.3. The largest absolute Gasteiger partial charge is 0.289 e. The molecule has 4 nitrogen and oxygen atoms in total. The van der Waals surface area contributed by atoms with Gasteiger partial charge in [-0.3, -0.25) is 9.78 Å². The van der Waals surface area contributed by atoms with Gasteiger partial charge < -0.3 is 0 Å². The van der Waals surface area contributed by atoms with Crippen LogP contribution in [0, 0.1) is 16.7 Å². The van der Waals surface area contributed by atoms with E-state index in [0.29, 0.717) is 11.6 Å². The van der Waals surface area contributed by atoms with E-state index < -0.39 is 0 Å². The number of aromatic nitrogens is 1. The number of fused-ring (bicyclic) bond motifs is 2. The fraction of sp³-hybridized carbons (Fsp3) is 0.562. The van der Waals surface area contributed by atoms with Gasteiger partial charge in [0.15, 0.2) is 0 Å². The monoisotopic (exact) mass is 271 g/mol. The number of carbonyl (C=O) groups is 1. The van der Waals surface area contributed by atoms with Crippen molar-refractivity contribution >= 4 is 11.6 Å². The topological polar surface area (TPSA) is 54.4 Å². The van der Waals surface area contributed by atoms with Crippen LogP contribution in [-0.4, -0.2) is 16.6 Å². The Hall–Kier alpha value is -1.71. The third-order valence-corrected chi connectivity index (χ3v) is 5.70. The molecule has 2 fully saturated rings. The minimum atomic E-state index is -0.234. The summed E-state index contributed by atoms with van der Waals surface area (Å²) in [6, 6.07) is 5.29. The molecule has 1 aromatic heterocycles. The van der Waals surface area contributed by atoms with Crippen molar-refractivity contribution in [3.63, 3.8) is 0 Å². The van der Waals surface area contributed by atoms with Gasteiger partial charge in [-0.05, 0) is 42.7 Å². The number of pyridine rings is 1. The number of hydrazone groups is 1. The number of nitrogens with one attached hydrogen (secondary N) is 1. The first-order chi connectivity index (χ1) is 9.45. The van der Waals surface area contributed by atoms with Crippen molar-refractivity contribution in [3.05, 3.63) is 30.1 Å². The molecule has 1 amide bonds. The Kier molecular flexibility index (Phi) is 2.92. The maximum atomic E-state index is 12.0. The highest BCUT2D eigenvalue weighted by atomic mass is 16.2. The van der Waals surface area contributed by atoms with Gasteiger partial charge in [0.1, 0.15) is 5.69 Å². The van der Waals surface area contributed by atoms with Gasteiger partial charge in [0.05, 0.1) is 0 Å². The molecular weight excluding hydrogens is 250 g/mol. The SMILES string of the molecule is CC12CCC(CC1=NNC(=O)c1ccccn1)C2(C)C. The van der Waals surface area contributed by atoms with Crippen LogP contribution >= 0.6 is 0 Å². The number of amides is 1. The van der Waals surface area contributed by atoms with Gasteiger partial charge in [0, 0.05) is 17.3 Å². The molecule has 1 aromatic rings. The Bertz CT molecular complexity index is 564. The lowest BCUT2D eigenvalue weighted by Gasteiger charge is -2.34. The Morgan fingerprint density at radius 1 is 1.40 bits per heavy atom. The van der Waals surface area contributed by atoms with Crippen LogP contribution in [-0.2, 0) is 0 Å². The van der Waals surface area contributed by atoms with Crippen molar-refractivity contribution in [3.8, 4) is 0 Å². The summed E-state index contributed by atoms with van der Waals surface area (Å²) in [5, 5.41) is 4.43. The van der Waals surface area contributed by atoms with Crippen molar-refractivity contribution in [2.45, 2.75) is 40.0 Å². The second kappa shape index (κ2) is 4.40. The smallest absolute Gasteiger partial charge is 0.266 e. The van der Waals surface area contributed by atoms with Crippen LogP contribution in [0.15, 0.2) is 29.5 Å². The van der Waals surface area contributed by atoms with Crippen LogP contribution in [0.3, 0.4) is 0 Å². The first kappa shape index (κ1) is 13.3. The molecule has 1 heterocycles. The predicted molar refractivity (Wildman–Crippen MR) is 78.4 cm³/mol. The van der Waals surface area contributed by atoms with E-state index in [4.69, 9.17) is 0 Å². The van der Waals surface area contributed by atoms with Gasteiger partial charge in [-0.2, -0.15) is 5.10 Å². The lowest BCUT2D eigenvalue weighted by molar-refractivity contribution is 0.0949. The second-order valence-corrected chi connectivity index (χ2v) is 6.71. The summed E-state index contributed by atoms with van der Waals surface area (Å²) in [6.07, 6.45) is 5.07. The van der Waals surface area contributed by atoms with Crippen molar-refractivity contribution in [2.24, 2.45) is 21.8 Å². The average Bonchev–Trinajstić information content (AvgIpc) is 2.78. The summed E-state index contributed by atoms with van der Waals surface area (Å²) in [6.45, 7) is 6.94. The Morgan fingerprint density at radius 3 is 2.75 bits per heavy atom. The standard InChI is InChI=1S/C16H21N3O/c1-15(2)11-7-8-16(15,3)13(10-11)18-19-14(20)12-6-4-5-9-17-12/h4-6,9,11H,7-8,10H2,1-3H3,(H,19,20). The molecule has 0 spiro atoms. The van der Waals surface area contributed by atoms with Gasteiger partial charge >= 0.3 is 0 Å². The highest BCUT2D eigenvalue weighted by molar-refractivity contribution is 5.97. The van der Waals surface area contributed by atoms with Gasteiger partial charge in [-0.1, -0.05) is 26.8 Å². The molecular formula is C16H21N3O. The molecule has 2 saturated carbocycles. The quantitative estimate of drug-likeness (QED) is 0.841. The highest BCUT2D eigenvalue weighted by Gasteiger charge is 2.59. The lowest BCUT2D eigenvalue weighted by atomic mass is 9.70. The van der Waals surface area contributed by atoms with Gasteiger partial charge in [-0.25, -0.2) is 5.43 Å². The number of rotatable bonds is 2. The van der Waals surface area contributed by atoms with Crippen LogP contribution in [0.1, 0.15) is 50.5 Å². The molecule has 1 N–H and O–H groups in total. The molecule has 106 valence electrons. The maximum Gasteiger partial charge on any atom is 0.289 e. The average molecular weight is 271 g/mol. The van der Waals surface area contributed by atoms with E-state index in [1.165, 1.54) is 12.8 Å². The normalized spacial score (nSPS) is 32.5. The number of hydrogen-bond donors (Lipinski definition) is 1. The first-order valence-corrected chi connectivity index (χ1v) is 7.23. The summed E-state index contributed by atoms with van der Waals surface area (Å²) in [4.78, 5) is 16.0. The Labute approximate surface area is 119 Å². The predicted octanol–water partition coefficient (Wildman–Crippen LogP) is 3.01. The molecule has 3 rings (SSSR count). The number of hydrogen-bond acceptors (Lipinski definition) is 3. The van der Waals surface area contributed by atoms with Gasteiger partial charge in [-0.15, -0.1) is 0 Å². The fourth-order valence-electron chi connectivity index (χ4n) is 3.77. The number of nitrogens with zero attached hydrogens (tertiary/aromatic N) is 2. The molecule has 0 aliphatic heterocycles. The van der Waals surface area contributed by atoms with Crippen LogP contribution in [0.25, 0.3) is 0 Å². The fourth-order valence-corrected chi connectivity index (χ4v) is 3.77. The second-order valence-electron chi connectivity index (χ2n) is 6.71. The highest BCUT2D eigenvalue weighted by Crippen LogP contribution is 2.63. The lowest BCUT2D eigenvalue weighted by Crippen LogP contribution is -2.34. The molecule has 4 heteroatoms. The minimum Gasteiger partial charge on any atom is -0.266 e. The molecule has 0 saturated heterocycles. The van der Waals surface area contributed by atoms with E-state index >= 15 is 0 Å². The minimum absolute atomic E-state index is 0.120. The van der Waals surface area contributed by atoms with Gasteiger partial charge in [0.25, 0.3) is 5.91 Å². The first-order valence-electron chi connectivity index (χ1n) is 7.23. The zero-order valence-corrected chi connectivity index (χ0v) is 12.3. The van der Waals surface area contributed by atoms with Crippen molar-refractivity contribution in [2.75, 3.05) is 0 Å². The third kappa shape index (κ3) is 1.78. The van der Waals surface area contributed by atoms with Crippen LogP contribution < -0.4 is 5.43 Å². The number of carbonyl (C=O) groups excluding carboxylic acids is 1. The summed E-state index contributed by atoms with van der Waals surface area (Å²) in [7, 11) is 0. The molecule has 2 atom stereocenters. The van der Waals surface area contributed by atoms with E-state index in [-0.39, 0.29) is 16.7 Å². The van der Waals surface area contributed by atoms with Gasteiger partial charge in [0.2, 0.25) is 0 Å². The summed E-state index contributed by atoms with van der Waals surface area (Å²) >= 11 is 0. The van der Waals surface area contributed by atoms with E-state index in [0.717, 1.165) is 12.1 Å². The zero-order chi connectivity index (χ0) is 14.4. The van der Waals surface area contributed by atoms with Crippen molar-refractivity contribution in [1.82, 2.24) is 10.4 Å². The third-order valence-electron chi connectivity index (χ3n) is 5.70. The molecule has 2 unspecified atom stereocenters. The van der Waals surface area contributed by atoms with E-state index in [1.807, 2.05) is 0 Å². The Balaban J connectivity index is 1.77. The van der Waals surface area contributed by atoms with E-state index in [1.54, 1.807) is 24.4 Å². The maximum absolute atomic E-state index is 12.0. The van der Waals surface area contributed by atoms with E-state index in [9.17, 15) is 4.79 Å². The van der Waals surface area contributed by atoms with Crippen LogP contribution in [0.4, 0.5) is 0 Å². The molecule has 2 aliphatic carbocycles. The van der Waals surface area contributed by atoms with E-state index in [2.05, 4.69) is 36.3 Å². The molecule has 0 radical (unpaired) electrons. The molecule has 2 aliphatic rings. The molecule has 20 heavy (non-hydrogen) atoms. The summed E-state index contributed by atoms with van der Waals surface area (Å²) in [5.74, 6) is 0.459.